The van der Waals surface area contributed by atoms with Crippen LogP contribution < -0.4 is 10.6 Å². The van der Waals surface area contributed by atoms with Gasteiger partial charge < -0.3 is 10.6 Å². The minimum atomic E-state index is -0.377. The second-order valence-corrected chi connectivity index (χ2v) is 5.04. The highest BCUT2D eigenvalue weighted by Crippen LogP contribution is 2.19. The topological polar surface area (TPSA) is 54.0 Å². The zero-order chi connectivity index (χ0) is 13.9. The predicted molar refractivity (Wildman–Crippen MR) is 75.9 cm³/mol. The monoisotopic (exact) mass is 273 g/mol. The van der Waals surface area contributed by atoms with E-state index < -0.39 is 0 Å². The van der Waals surface area contributed by atoms with Gasteiger partial charge in [0.2, 0.25) is 5.91 Å². The molecule has 2 heterocycles. The van der Waals surface area contributed by atoms with Crippen LogP contribution in [0.5, 0.6) is 0 Å². The molecule has 4 nitrogen and oxygen atoms in total. The van der Waals surface area contributed by atoms with Crippen molar-refractivity contribution in [2.45, 2.75) is 12.8 Å². The molecule has 1 saturated heterocycles. The number of carbonyl (C=O) groups excluding carboxylic acids is 1. The first-order chi connectivity index (χ1) is 9.74. The SMILES string of the molecule is O=C(Nc1ccc2cccc(F)c2n1)C1CCCNC1. The Labute approximate surface area is 116 Å². The van der Waals surface area contributed by atoms with Gasteiger partial charge >= 0.3 is 0 Å². The lowest BCUT2D eigenvalue weighted by atomic mass is 9.99. The zero-order valence-corrected chi connectivity index (χ0v) is 11.0. The molecule has 0 aliphatic carbocycles. The van der Waals surface area contributed by atoms with Gasteiger partial charge in [-0.2, -0.15) is 0 Å². The maximum Gasteiger partial charge on any atom is 0.229 e. The van der Waals surface area contributed by atoms with Crippen LogP contribution in [-0.4, -0.2) is 24.0 Å². The number of fused-ring (bicyclic) bond motifs is 1. The number of hydrogen-bond donors (Lipinski definition) is 2. The minimum absolute atomic E-state index is 0.0399. The first-order valence-corrected chi connectivity index (χ1v) is 6.81. The van der Waals surface area contributed by atoms with Gasteiger partial charge in [-0.25, -0.2) is 9.37 Å². The number of piperidine rings is 1. The molecule has 1 aliphatic heterocycles. The summed E-state index contributed by atoms with van der Waals surface area (Å²) in [4.78, 5) is 16.3. The molecule has 3 rings (SSSR count). The lowest BCUT2D eigenvalue weighted by Gasteiger charge is -2.21. The highest BCUT2D eigenvalue weighted by atomic mass is 19.1. The van der Waals surface area contributed by atoms with Gasteiger partial charge in [0.05, 0.1) is 5.92 Å². The molecular weight excluding hydrogens is 257 g/mol. The molecule has 1 atom stereocenters. The third-order valence-electron chi connectivity index (χ3n) is 3.59. The van der Waals surface area contributed by atoms with E-state index in [1.54, 1.807) is 24.3 Å². The summed E-state index contributed by atoms with van der Waals surface area (Å²) in [6.07, 6.45) is 1.87. The zero-order valence-electron chi connectivity index (χ0n) is 11.0. The maximum atomic E-state index is 13.7. The van der Waals surface area contributed by atoms with Crippen molar-refractivity contribution in [3.8, 4) is 0 Å². The first-order valence-electron chi connectivity index (χ1n) is 6.81. The Morgan fingerprint density at radius 1 is 1.35 bits per heavy atom. The van der Waals surface area contributed by atoms with Crippen LogP contribution in [0.25, 0.3) is 10.9 Å². The smallest absolute Gasteiger partial charge is 0.229 e. The highest BCUT2D eigenvalue weighted by molar-refractivity contribution is 5.93. The van der Waals surface area contributed by atoms with Gasteiger partial charge in [-0.05, 0) is 37.6 Å². The fraction of sp³-hybridized carbons (Fsp3) is 0.333. The van der Waals surface area contributed by atoms with Crippen molar-refractivity contribution in [2.75, 3.05) is 18.4 Å². The van der Waals surface area contributed by atoms with Gasteiger partial charge in [-0.15, -0.1) is 0 Å². The van der Waals surface area contributed by atoms with Crippen molar-refractivity contribution in [2.24, 2.45) is 5.92 Å². The van der Waals surface area contributed by atoms with Gasteiger partial charge in [0.25, 0.3) is 0 Å². The van der Waals surface area contributed by atoms with Crippen molar-refractivity contribution in [3.63, 3.8) is 0 Å². The van der Waals surface area contributed by atoms with E-state index in [4.69, 9.17) is 0 Å². The number of rotatable bonds is 2. The van der Waals surface area contributed by atoms with Crippen LogP contribution in [0.1, 0.15) is 12.8 Å². The Kier molecular flexibility index (Phi) is 3.60. The predicted octanol–water partition coefficient (Wildman–Crippen LogP) is 2.31. The van der Waals surface area contributed by atoms with Gasteiger partial charge in [0, 0.05) is 11.9 Å². The Morgan fingerprint density at radius 2 is 2.25 bits per heavy atom. The number of anilines is 1. The summed E-state index contributed by atoms with van der Waals surface area (Å²) >= 11 is 0. The molecule has 1 amide bonds. The van der Waals surface area contributed by atoms with Gasteiger partial charge in [0.1, 0.15) is 17.2 Å². The largest absolute Gasteiger partial charge is 0.316 e. The van der Waals surface area contributed by atoms with Crippen LogP contribution in [0.2, 0.25) is 0 Å². The molecular formula is C15H16FN3O. The molecule has 1 fully saturated rings. The summed E-state index contributed by atoms with van der Waals surface area (Å²) in [5, 5.41) is 6.70. The molecule has 0 bridgehead atoms. The number of benzene rings is 1. The molecule has 2 N–H and O–H groups in total. The molecule has 2 aromatic rings. The third-order valence-corrected chi connectivity index (χ3v) is 3.59. The Hall–Kier alpha value is -2.01. The average Bonchev–Trinajstić information content (AvgIpc) is 2.49. The summed E-state index contributed by atoms with van der Waals surface area (Å²) < 4.78 is 13.7. The molecule has 5 heteroatoms. The van der Waals surface area contributed by atoms with E-state index in [1.807, 2.05) is 0 Å². The van der Waals surface area contributed by atoms with Crippen LogP contribution in [0.15, 0.2) is 30.3 Å². The van der Waals surface area contributed by atoms with Crippen LogP contribution >= 0.6 is 0 Å². The minimum Gasteiger partial charge on any atom is -0.316 e. The van der Waals surface area contributed by atoms with E-state index in [0.29, 0.717) is 12.4 Å². The standard InChI is InChI=1S/C15H16FN3O/c16-12-5-1-3-10-6-7-13(18-14(10)12)19-15(20)11-4-2-8-17-9-11/h1,3,5-7,11,17H,2,4,8-9H2,(H,18,19,20). The van der Waals surface area contributed by atoms with Crippen molar-refractivity contribution >= 4 is 22.6 Å². The van der Waals surface area contributed by atoms with Crippen molar-refractivity contribution in [3.05, 3.63) is 36.1 Å². The number of amides is 1. The summed E-state index contributed by atoms with van der Waals surface area (Å²) in [6.45, 7) is 1.65. The third kappa shape index (κ3) is 2.63. The van der Waals surface area contributed by atoms with Crippen LogP contribution in [0, 0.1) is 11.7 Å². The second-order valence-electron chi connectivity index (χ2n) is 5.04. The van der Waals surface area contributed by atoms with Crippen LogP contribution in [0.3, 0.4) is 0 Å². The van der Waals surface area contributed by atoms with Gasteiger partial charge in [-0.3, -0.25) is 4.79 Å². The Bertz CT molecular complexity index is 638. The van der Waals surface area contributed by atoms with E-state index in [1.165, 1.54) is 6.07 Å². The quantitative estimate of drug-likeness (QED) is 0.883. The van der Waals surface area contributed by atoms with Crippen molar-refractivity contribution < 1.29 is 9.18 Å². The van der Waals surface area contributed by atoms with E-state index in [9.17, 15) is 9.18 Å². The van der Waals surface area contributed by atoms with E-state index in [2.05, 4.69) is 15.6 Å². The Morgan fingerprint density at radius 3 is 3.05 bits per heavy atom. The average molecular weight is 273 g/mol. The van der Waals surface area contributed by atoms with Crippen LogP contribution in [-0.2, 0) is 4.79 Å². The van der Waals surface area contributed by atoms with E-state index in [0.717, 1.165) is 24.8 Å². The summed E-state index contributed by atoms with van der Waals surface area (Å²) in [5.74, 6) is -0.0710. The maximum absolute atomic E-state index is 13.7. The number of hydrogen-bond acceptors (Lipinski definition) is 3. The molecule has 104 valence electrons. The molecule has 1 aromatic heterocycles. The number of halogens is 1. The lowest BCUT2D eigenvalue weighted by molar-refractivity contribution is -0.120. The molecule has 0 spiro atoms. The van der Waals surface area contributed by atoms with Gasteiger partial charge in [-0.1, -0.05) is 12.1 Å². The van der Waals surface area contributed by atoms with E-state index >= 15 is 0 Å². The van der Waals surface area contributed by atoms with Crippen LogP contribution in [0.4, 0.5) is 10.2 Å². The lowest BCUT2D eigenvalue weighted by Crippen LogP contribution is -2.37. The summed E-state index contributed by atoms with van der Waals surface area (Å²) in [6, 6.07) is 8.27. The van der Waals surface area contributed by atoms with Crippen molar-refractivity contribution in [1.29, 1.82) is 0 Å². The molecule has 0 radical (unpaired) electrons. The Balaban J connectivity index is 1.80. The highest BCUT2D eigenvalue weighted by Gasteiger charge is 2.21. The number of nitrogens with zero attached hydrogens (tertiary/aromatic N) is 1. The first kappa shape index (κ1) is 13.0. The molecule has 20 heavy (non-hydrogen) atoms. The summed E-state index contributed by atoms with van der Waals surface area (Å²) in [5.41, 5.74) is 0.284. The van der Waals surface area contributed by atoms with Crippen molar-refractivity contribution in [1.82, 2.24) is 10.3 Å². The number of para-hydroxylation sites is 1. The normalized spacial score (nSPS) is 18.9. The molecule has 1 unspecified atom stereocenters. The molecule has 1 aliphatic rings. The fourth-order valence-corrected chi connectivity index (χ4v) is 2.48. The van der Waals surface area contributed by atoms with Gasteiger partial charge in [0.15, 0.2) is 0 Å². The number of carbonyl (C=O) groups is 1. The second kappa shape index (κ2) is 5.54. The molecule has 1 aromatic carbocycles. The van der Waals surface area contributed by atoms with E-state index in [-0.39, 0.29) is 23.2 Å². The molecule has 0 saturated carbocycles. The number of nitrogens with one attached hydrogen (secondary N) is 2. The summed E-state index contributed by atoms with van der Waals surface area (Å²) in [7, 11) is 0. The fourth-order valence-electron chi connectivity index (χ4n) is 2.48. The number of aromatic nitrogens is 1. The number of pyridine rings is 1.